The molecule has 0 bridgehead atoms. The summed E-state index contributed by atoms with van der Waals surface area (Å²) in [7, 11) is 0. The summed E-state index contributed by atoms with van der Waals surface area (Å²) in [4.78, 5) is 12.0. The third-order valence-corrected chi connectivity index (χ3v) is 2.52. The molecule has 2 N–H and O–H groups in total. The fourth-order valence-corrected chi connectivity index (χ4v) is 1.66. The second-order valence-corrected chi connectivity index (χ2v) is 3.89. The third-order valence-electron chi connectivity index (χ3n) is 2.52. The van der Waals surface area contributed by atoms with Crippen molar-refractivity contribution in [2.75, 3.05) is 26.2 Å². The highest BCUT2D eigenvalue weighted by Crippen LogP contribution is 2.16. The van der Waals surface area contributed by atoms with E-state index in [2.05, 4.69) is 10.6 Å². The Labute approximate surface area is 109 Å². The van der Waals surface area contributed by atoms with Gasteiger partial charge in [-0.05, 0) is 19.0 Å². The second kappa shape index (κ2) is 8.66. The van der Waals surface area contributed by atoms with Crippen LogP contribution in [-0.2, 0) is 9.53 Å². The zero-order chi connectivity index (χ0) is 13.2. The van der Waals surface area contributed by atoms with E-state index in [1.165, 1.54) is 0 Å². The van der Waals surface area contributed by atoms with Crippen molar-refractivity contribution in [3.8, 4) is 0 Å². The maximum Gasteiger partial charge on any atom is 0.253 e. The van der Waals surface area contributed by atoms with Crippen LogP contribution in [0, 0.1) is 0 Å². The number of likely N-dealkylation sites (N-methyl/N-ethyl adjacent to an activating group) is 1. The molecular formula is C14H22N2O2. The lowest BCUT2D eigenvalue weighted by Gasteiger charge is -2.17. The summed E-state index contributed by atoms with van der Waals surface area (Å²) < 4.78 is 5.51. The maximum atomic E-state index is 12.0. The first kappa shape index (κ1) is 14.7. The van der Waals surface area contributed by atoms with E-state index >= 15 is 0 Å². The Kier molecular flexibility index (Phi) is 7.06. The first-order valence-corrected chi connectivity index (χ1v) is 6.44. The van der Waals surface area contributed by atoms with E-state index < -0.39 is 6.10 Å². The minimum Gasteiger partial charge on any atom is -0.364 e. The Morgan fingerprint density at radius 2 is 1.94 bits per heavy atom. The molecule has 1 atom stereocenters. The molecular weight excluding hydrogens is 228 g/mol. The highest BCUT2D eigenvalue weighted by Gasteiger charge is 2.19. The van der Waals surface area contributed by atoms with E-state index in [0.717, 1.165) is 18.7 Å². The molecule has 100 valence electrons. The number of carbonyl (C=O) groups is 1. The Bertz CT molecular complexity index is 341. The first-order chi connectivity index (χ1) is 8.79. The zero-order valence-electron chi connectivity index (χ0n) is 11.1. The Morgan fingerprint density at radius 1 is 1.22 bits per heavy atom. The van der Waals surface area contributed by atoms with Crippen molar-refractivity contribution in [3.05, 3.63) is 35.9 Å². The number of rotatable bonds is 8. The van der Waals surface area contributed by atoms with Crippen LogP contribution in [0.4, 0.5) is 0 Å². The molecule has 0 heterocycles. The molecule has 0 spiro atoms. The van der Waals surface area contributed by atoms with Crippen molar-refractivity contribution in [1.29, 1.82) is 0 Å². The van der Waals surface area contributed by atoms with E-state index in [1.54, 1.807) is 0 Å². The van der Waals surface area contributed by atoms with Crippen LogP contribution in [0.1, 0.15) is 25.5 Å². The molecule has 0 saturated carbocycles. The average molecular weight is 250 g/mol. The normalized spacial score (nSPS) is 12.1. The van der Waals surface area contributed by atoms with Crippen LogP contribution in [0.5, 0.6) is 0 Å². The molecule has 0 aliphatic heterocycles. The van der Waals surface area contributed by atoms with Gasteiger partial charge in [0.15, 0.2) is 6.10 Å². The van der Waals surface area contributed by atoms with Crippen molar-refractivity contribution in [3.63, 3.8) is 0 Å². The molecule has 4 nitrogen and oxygen atoms in total. The van der Waals surface area contributed by atoms with Crippen molar-refractivity contribution in [1.82, 2.24) is 10.6 Å². The third kappa shape index (κ3) is 4.85. The SMILES string of the molecule is CCNCCNC(=O)C(OCC)c1ccccc1. The van der Waals surface area contributed by atoms with Gasteiger partial charge in [-0.25, -0.2) is 0 Å². The van der Waals surface area contributed by atoms with Crippen LogP contribution in [0.15, 0.2) is 30.3 Å². The molecule has 1 amide bonds. The number of carbonyl (C=O) groups excluding carboxylic acids is 1. The smallest absolute Gasteiger partial charge is 0.253 e. The quantitative estimate of drug-likeness (QED) is 0.687. The lowest BCUT2D eigenvalue weighted by atomic mass is 10.1. The highest BCUT2D eigenvalue weighted by molar-refractivity contribution is 5.82. The minimum atomic E-state index is -0.516. The van der Waals surface area contributed by atoms with Crippen LogP contribution in [0.3, 0.4) is 0 Å². The molecule has 1 rings (SSSR count). The van der Waals surface area contributed by atoms with Crippen LogP contribution in [0.25, 0.3) is 0 Å². The fraction of sp³-hybridized carbons (Fsp3) is 0.500. The van der Waals surface area contributed by atoms with Crippen LogP contribution in [-0.4, -0.2) is 32.1 Å². The van der Waals surface area contributed by atoms with Gasteiger partial charge in [-0.15, -0.1) is 0 Å². The Morgan fingerprint density at radius 3 is 2.56 bits per heavy atom. The van der Waals surface area contributed by atoms with Gasteiger partial charge in [0, 0.05) is 19.7 Å². The van der Waals surface area contributed by atoms with Crippen LogP contribution >= 0.6 is 0 Å². The van der Waals surface area contributed by atoms with Gasteiger partial charge in [-0.1, -0.05) is 37.3 Å². The number of hydrogen-bond acceptors (Lipinski definition) is 3. The number of nitrogens with one attached hydrogen (secondary N) is 2. The van der Waals surface area contributed by atoms with Crippen molar-refractivity contribution in [2.45, 2.75) is 20.0 Å². The molecule has 1 aromatic carbocycles. The first-order valence-electron chi connectivity index (χ1n) is 6.44. The molecule has 0 aromatic heterocycles. The Hall–Kier alpha value is -1.39. The second-order valence-electron chi connectivity index (χ2n) is 3.89. The molecule has 4 heteroatoms. The summed E-state index contributed by atoms with van der Waals surface area (Å²) in [6.07, 6.45) is -0.516. The monoisotopic (exact) mass is 250 g/mol. The van der Waals surface area contributed by atoms with Crippen molar-refractivity contribution >= 4 is 5.91 Å². The van der Waals surface area contributed by atoms with Crippen molar-refractivity contribution < 1.29 is 9.53 Å². The van der Waals surface area contributed by atoms with Gasteiger partial charge in [0.1, 0.15) is 0 Å². The number of ether oxygens (including phenoxy) is 1. The molecule has 0 radical (unpaired) electrons. The van der Waals surface area contributed by atoms with Crippen molar-refractivity contribution in [2.24, 2.45) is 0 Å². The van der Waals surface area contributed by atoms with E-state index in [1.807, 2.05) is 44.2 Å². The van der Waals surface area contributed by atoms with Crippen LogP contribution < -0.4 is 10.6 Å². The summed E-state index contributed by atoms with van der Waals surface area (Å²) in [5, 5.41) is 6.03. The summed E-state index contributed by atoms with van der Waals surface area (Å²) in [5.41, 5.74) is 0.889. The molecule has 1 aromatic rings. The lowest BCUT2D eigenvalue weighted by Crippen LogP contribution is -2.35. The summed E-state index contributed by atoms with van der Waals surface area (Å²) in [6.45, 7) is 6.74. The van der Waals surface area contributed by atoms with E-state index in [4.69, 9.17) is 4.74 Å². The fourth-order valence-electron chi connectivity index (χ4n) is 1.66. The maximum absolute atomic E-state index is 12.0. The summed E-state index contributed by atoms with van der Waals surface area (Å²) in [5.74, 6) is -0.0825. The van der Waals surface area contributed by atoms with Crippen LogP contribution in [0.2, 0.25) is 0 Å². The molecule has 0 fully saturated rings. The molecule has 1 unspecified atom stereocenters. The predicted octanol–water partition coefficient (Wildman–Crippen LogP) is 1.49. The van der Waals surface area contributed by atoms with E-state index in [0.29, 0.717) is 13.2 Å². The number of hydrogen-bond donors (Lipinski definition) is 2. The van der Waals surface area contributed by atoms with Gasteiger partial charge in [0.25, 0.3) is 5.91 Å². The predicted molar refractivity (Wildman–Crippen MR) is 72.4 cm³/mol. The van der Waals surface area contributed by atoms with E-state index in [9.17, 15) is 4.79 Å². The zero-order valence-corrected chi connectivity index (χ0v) is 11.1. The lowest BCUT2D eigenvalue weighted by molar-refractivity contribution is -0.132. The summed E-state index contributed by atoms with van der Waals surface area (Å²) >= 11 is 0. The molecule has 0 aliphatic carbocycles. The Balaban J connectivity index is 2.53. The average Bonchev–Trinajstić information content (AvgIpc) is 2.41. The van der Waals surface area contributed by atoms with Gasteiger partial charge in [0.05, 0.1) is 0 Å². The number of amides is 1. The molecule has 0 saturated heterocycles. The highest BCUT2D eigenvalue weighted by atomic mass is 16.5. The van der Waals surface area contributed by atoms with Gasteiger partial charge in [0.2, 0.25) is 0 Å². The number of benzene rings is 1. The van der Waals surface area contributed by atoms with Gasteiger partial charge in [-0.2, -0.15) is 0 Å². The van der Waals surface area contributed by atoms with E-state index in [-0.39, 0.29) is 5.91 Å². The minimum absolute atomic E-state index is 0.0825. The van der Waals surface area contributed by atoms with Gasteiger partial charge in [-0.3, -0.25) is 4.79 Å². The molecule has 0 aliphatic rings. The topological polar surface area (TPSA) is 50.4 Å². The standard InChI is InChI=1S/C14H22N2O2/c1-3-15-10-11-16-14(17)13(18-4-2)12-8-6-5-7-9-12/h5-9,13,15H,3-4,10-11H2,1-2H3,(H,16,17). The summed E-state index contributed by atoms with van der Waals surface area (Å²) in [6, 6.07) is 9.56. The molecule has 18 heavy (non-hydrogen) atoms. The largest absolute Gasteiger partial charge is 0.364 e. The van der Waals surface area contributed by atoms with Gasteiger partial charge >= 0.3 is 0 Å². The van der Waals surface area contributed by atoms with Gasteiger partial charge < -0.3 is 15.4 Å².